The van der Waals surface area contributed by atoms with E-state index in [-0.39, 0.29) is 17.3 Å². The fraction of sp³-hybridized carbons (Fsp3) is 0.214. The van der Waals surface area contributed by atoms with E-state index in [2.05, 4.69) is 4.98 Å². The van der Waals surface area contributed by atoms with Gasteiger partial charge in [0.2, 0.25) is 0 Å². The molecule has 1 amide bonds. The summed E-state index contributed by atoms with van der Waals surface area (Å²) in [5, 5.41) is 8.89. The number of carboxylic acids is 1. The van der Waals surface area contributed by atoms with Crippen LogP contribution in [0.15, 0.2) is 41.0 Å². The lowest BCUT2D eigenvalue weighted by atomic mass is 10.2. The summed E-state index contributed by atoms with van der Waals surface area (Å²) < 4.78 is 5.21. The topological polar surface area (TPSA) is 83.6 Å². The van der Waals surface area contributed by atoms with Gasteiger partial charge in [-0.15, -0.1) is 0 Å². The van der Waals surface area contributed by atoms with Crippen molar-refractivity contribution in [2.24, 2.45) is 0 Å². The molecule has 0 atom stereocenters. The Balaban J connectivity index is 2.19. The molecule has 0 bridgehead atoms. The number of aromatic carboxylic acids is 1. The number of nitrogens with zero attached hydrogens (tertiary/aromatic N) is 2. The Morgan fingerprint density at radius 1 is 1.25 bits per heavy atom. The van der Waals surface area contributed by atoms with Gasteiger partial charge in [0.05, 0.1) is 12.8 Å². The Kier molecular flexibility index (Phi) is 4.14. The molecule has 0 unspecified atom stereocenters. The predicted octanol–water partition coefficient (Wildman–Crippen LogP) is 2.04. The van der Waals surface area contributed by atoms with Crippen molar-refractivity contribution >= 4 is 11.9 Å². The highest BCUT2D eigenvalue weighted by Gasteiger charge is 2.18. The van der Waals surface area contributed by atoms with Crippen LogP contribution in [0.3, 0.4) is 0 Å². The highest BCUT2D eigenvalue weighted by Crippen LogP contribution is 2.10. The maximum absolute atomic E-state index is 12.3. The van der Waals surface area contributed by atoms with Crippen LogP contribution in [0.5, 0.6) is 0 Å². The van der Waals surface area contributed by atoms with Gasteiger partial charge in [-0.1, -0.05) is 6.07 Å². The van der Waals surface area contributed by atoms with Crippen LogP contribution in [0.1, 0.15) is 33.7 Å². The van der Waals surface area contributed by atoms with Gasteiger partial charge in [-0.3, -0.25) is 4.79 Å². The van der Waals surface area contributed by atoms with Crippen LogP contribution in [0.2, 0.25) is 0 Å². The summed E-state index contributed by atoms with van der Waals surface area (Å²) in [5.74, 6) is -0.824. The van der Waals surface area contributed by atoms with Crippen molar-refractivity contribution in [2.75, 3.05) is 6.54 Å². The average molecular weight is 274 g/mol. The third kappa shape index (κ3) is 3.03. The number of aromatic nitrogens is 1. The van der Waals surface area contributed by atoms with Crippen molar-refractivity contribution in [1.82, 2.24) is 9.88 Å². The van der Waals surface area contributed by atoms with Gasteiger partial charge in [-0.2, -0.15) is 0 Å². The standard InChI is InChI=1S/C14H14N2O4/c1-2-16(9-10-5-4-8-20-10)13(17)11-6-3-7-12(15-11)14(18)19/h3-8H,2,9H2,1H3,(H,18,19). The lowest BCUT2D eigenvalue weighted by Gasteiger charge is -2.19. The highest BCUT2D eigenvalue weighted by atomic mass is 16.4. The molecule has 6 nitrogen and oxygen atoms in total. The normalized spacial score (nSPS) is 10.2. The van der Waals surface area contributed by atoms with Gasteiger partial charge in [0.1, 0.15) is 17.1 Å². The summed E-state index contributed by atoms with van der Waals surface area (Å²) >= 11 is 0. The van der Waals surface area contributed by atoms with Crippen molar-refractivity contribution in [2.45, 2.75) is 13.5 Å². The van der Waals surface area contributed by atoms with Crippen LogP contribution in [0, 0.1) is 0 Å². The second-order valence-electron chi connectivity index (χ2n) is 4.11. The molecule has 2 aromatic rings. The molecule has 0 fully saturated rings. The fourth-order valence-electron chi connectivity index (χ4n) is 1.75. The second-order valence-corrected chi connectivity index (χ2v) is 4.11. The minimum absolute atomic E-state index is 0.110. The Hall–Kier alpha value is -2.63. The number of carboxylic acid groups (broad SMARTS) is 1. The van der Waals surface area contributed by atoms with Gasteiger partial charge in [0, 0.05) is 6.54 Å². The maximum atomic E-state index is 12.3. The van der Waals surface area contributed by atoms with E-state index >= 15 is 0 Å². The fourth-order valence-corrected chi connectivity index (χ4v) is 1.75. The van der Waals surface area contributed by atoms with Crippen LogP contribution < -0.4 is 0 Å². The zero-order valence-corrected chi connectivity index (χ0v) is 10.9. The van der Waals surface area contributed by atoms with E-state index in [9.17, 15) is 9.59 Å². The van der Waals surface area contributed by atoms with Crippen LogP contribution in [-0.2, 0) is 6.54 Å². The number of pyridine rings is 1. The summed E-state index contributed by atoms with van der Waals surface area (Å²) in [6.45, 7) is 2.63. The number of amides is 1. The zero-order chi connectivity index (χ0) is 14.5. The second kappa shape index (κ2) is 6.01. The molecule has 0 radical (unpaired) electrons. The lowest BCUT2D eigenvalue weighted by Crippen LogP contribution is -2.31. The highest BCUT2D eigenvalue weighted by molar-refractivity contribution is 5.94. The molecule has 6 heteroatoms. The molecular formula is C14H14N2O4. The molecule has 0 aliphatic carbocycles. The molecular weight excluding hydrogens is 260 g/mol. The molecule has 104 valence electrons. The average Bonchev–Trinajstić information content (AvgIpc) is 2.97. The van der Waals surface area contributed by atoms with Crippen molar-refractivity contribution in [1.29, 1.82) is 0 Å². The minimum atomic E-state index is -1.16. The molecule has 2 aromatic heterocycles. The summed E-state index contributed by atoms with van der Waals surface area (Å²) in [7, 11) is 0. The third-order valence-electron chi connectivity index (χ3n) is 2.78. The van der Waals surface area contributed by atoms with Crippen molar-refractivity contribution in [3.05, 3.63) is 53.7 Å². The Morgan fingerprint density at radius 3 is 2.60 bits per heavy atom. The summed E-state index contributed by atoms with van der Waals surface area (Å²) in [6.07, 6.45) is 1.54. The van der Waals surface area contributed by atoms with E-state index in [0.29, 0.717) is 18.8 Å². The maximum Gasteiger partial charge on any atom is 0.354 e. The van der Waals surface area contributed by atoms with Crippen LogP contribution in [0.4, 0.5) is 0 Å². The Morgan fingerprint density at radius 2 is 2.00 bits per heavy atom. The molecule has 0 aliphatic rings. The molecule has 0 saturated heterocycles. The SMILES string of the molecule is CCN(Cc1ccco1)C(=O)c1cccc(C(=O)O)n1. The van der Waals surface area contributed by atoms with Gasteiger partial charge < -0.3 is 14.4 Å². The molecule has 0 saturated carbocycles. The summed E-state index contributed by atoms with van der Waals surface area (Å²) in [5.41, 5.74) is -0.0387. The van der Waals surface area contributed by atoms with Gasteiger partial charge >= 0.3 is 5.97 Å². The molecule has 2 rings (SSSR count). The van der Waals surface area contributed by atoms with Gasteiger partial charge in [-0.05, 0) is 31.2 Å². The quantitative estimate of drug-likeness (QED) is 0.901. The van der Waals surface area contributed by atoms with E-state index in [0.717, 1.165) is 0 Å². The van der Waals surface area contributed by atoms with Crippen LogP contribution in [0.25, 0.3) is 0 Å². The number of furan rings is 1. The Labute approximate surface area is 115 Å². The first-order chi connectivity index (χ1) is 9.61. The zero-order valence-electron chi connectivity index (χ0n) is 10.9. The monoisotopic (exact) mass is 274 g/mol. The number of hydrogen-bond donors (Lipinski definition) is 1. The first-order valence-corrected chi connectivity index (χ1v) is 6.13. The largest absolute Gasteiger partial charge is 0.477 e. The molecule has 0 aliphatic heterocycles. The van der Waals surface area contributed by atoms with E-state index in [1.54, 1.807) is 12.1 Å². The first kappa shape index (κ1) is 13.8. The number of rotatable bonds is 5. The number of carbonyl (C=O) groups is 2. The van der Waals surface area contributed by atoms with Crippen molar-refractivity contribution in [3.8, 4) is 0 Å². The summed E-state index contributed by atoms with van der Waals surface area (Å²) in [4.78, 5) is 28.6. The van der Waals surface area contributed by atoms with Crippen molar-refractivity contribution in [3.63, 3.8) is 0 Å². The molecule has 2 heterocycles. The van der Waals surface area contributed by atoms with Gasteiger partial charge in [0.25, 0.3) is 5.91 Å². The van der Waals surface area contributed by atoms with E-state index in [4.69, 9.17) is 9.52 Å². The molecule has 1 N–H and O–H groups in total. The number of carbonyl (C=O) groups excluding carboxylic acids is 1. The van der Waals surface area contributed by atoms with Crippen molar-refractivity contribution < 1.29 is 19.1 Å². The predicted molar refractivity (Wildman–Crippen MR) is 70.3 cm³/mol. The number of hydrogen-bond acceptors (Lipinski definition) is 4. The molecule has 0 spiro atoms. The lowest BCUT2D eigenvalue weighted by molar-refractivity contribution is 0.0689. The van der Waals surface area contributed by atoms with Crippen LogP contribution >= 0.6 is 0 Å². The van der Waals surface area contributed by atoms with Gasteiger partial charge in [-0.25, -0.2) is 9.78 Å². The van der Waals surface area contributed by atoms with E-state index in [1.807, 2.05) is 6.92 Å². The first-order valence-electron chi connectivity index (χ1n) is 6.13. The summed E-state index contributed by atoms with van der Waals surface area (Å²) in [6, 6.07) is 7.87. The smallest absolute Gasteiger partial charge is 0.354 e. The Bertz CT molecular complexity index is 607. The van der Waals surface area contributed by atoms with Crippen LogP contribution in [-0.4, -0.2) is 33.4 Å². The van der Waals surface area contributed by atoms with E-state index in [1.165, 1.54) is 29.4 Å². The third-order valence-corrected chi connectivity index (χ3v) is 2.78. The molecule has 20 heavy (non-hydrogen) atoms. The molecule has 0 aromatic carbocycles. The van der Waals surface area contributed by atoms with E-state index < -0.39 is 5.97 Å². The van der Waals surface area contributed by atoms with Gasteiger partial charge in [0.15, 0.2) is 0 Å². The minimum Gasteiger partial charge on any atom is -0.477 e.